The van der Waals surface area contributed by atoms with Crippen LogP contribution in [0.1, 0.15) is 29.0 Å². The van der Waals surface area contributed by atoms with Crippen molar-refractivity contribution in [1.82, 2.24) is 25.8 Å². The van der Waals surface area contributed by atoms with Crippen LogP contribution >= 0.6 is 11.8 Å². The number of alkyl carbamates (subject to hydrolysis) is 1. The van der Waals surface area contributed by atoms with E-state index in [0.29, 0.717) is 29.7 Å². The van der Waals surface area contributed by atoms with Crippen LogP contribution in [0.25, 0.3) is 11.5 Å². The van der Waals surface area contributed by atoms with Gasteiger partial charge in [0.2, 0.25) is 5.89 Å². The number of pyridine rings is 1. The number of imide groups is 1. The third kappa shape index (κ3) is 11.7. The third-order valence-electron chi connectivity index (χ3n) is 9.46. The van der Waals surface area contributed by atoms with Gasteiger partial charge in [0.15, 0.2) is 0 Å². The number of rotatable bonds is 15. The van der Waals surface area contributed by atoms with Crippen molar-refractivity contribution in [2.24, 2.45) is 5.73 Å². The van der Waals surface area contributed by atoms with Crippen molar-refractivity contribution in [3.63, 3.8) is 0 Å². The molecule has 3 aromatic carbocycles. The molecule has 0 radical (unpaired) electrons. The number of carbonyl (C=O) groups excluding carboxylic acids is 3. The van der Waals surface area contributed by atoms with E-state index in [9.17, 15) is 27.6 Å². The molecule has 0 bridgehead atoms. The van der Waals surface area contributed by atoms with Gasteiger partial charge in [-0.3, -0.25) is 9.78 Å². The van der Waals surface area contributed by atoms with Crippen LogP contribution in [0.2, 0.25) is 0 Å². The van der Waals surface area contributed by atoms with E-state index in [-0.39, 0.29) is 30.0 Å². The summed E-state index contributed by atoms with van der Waals surface area (Å²) in [5, 5.41) is 13.4. The van der Waals surface area contributed by atoms with Gasteiger partial charge in [-0.1, -0.05) is 90.6 Å². The number of aryl methyl sites for hydroxylation is 1. The average Bonchev–Trinajstić information content (AvgIpc) is 3.74. The second kappa shape index (κ2) is 20.2. The molecule has 3 heterocycles. The first-order valence-electron chi connectivity index (χ1n) is 18.6. The fraction of sp³-hybridized carbons (Fsp3) is 0.317. The second-order valence-corrected chi connectivity index (χ2v) is 14.4. The number of carbonyl (C=O) groups is 3. The van der Waals surface area contributed by atoms with E-state index >= 15 is 0 Å². The monoisotopic (exact) mass is 833 g/mol. The third-order valence-corrected chi connectivity index (χ3v) is 10.4. The molecule has 0 unspecified atom stereocenters. The molecule has 4 atom stereocenters. The van der Waals surface area contributed by atoms with E-state index in [4.69, 9.17) is 24.4 Å². The predicted molar refractivity (Wildman–Crippen MR) is 211 cm³/mol. The summed E-state index contributed by atoms with van der Waals surface area (Å²) in [6, 6.07) is 27.3. The number of benzene rings is 3. The number of thioether (sulfide) groups is 1. The van der Waals surface area contributed by atoms with Crippen LogP contribution in [0.15, 0.2) is 119 Å². The number of nitrogens with zero attached hydrogens (tertiary/aromatic N) is 4. The lowest BCUT2D eigenvalue weighted by Gasteiger charge is -2.37. The molecule has 310 valence electrons. The molecule has 1 saturated heterocycles. The van der Waals surface area contributed by atoms with Crippen molar-refractivity contribution >= 4 is 35.5 Å². The minimum atomic E-state index is -4.60. The maximum absolute atomic E-state index is 14.4. The van der Waals surface area contributed by atoms with Crippen LogP contribution in [0.5, 0.6) is 0 Å². The Hall–Kier alpha value is -5.82. The van der Waals surface area contributed by atoms with Crippen molar-refractivity contribution in [3.8, 4) is 11.5 Å². The van der Waals surface area contributed by atoms with Crippen LogP contribution < -0.4 is 21.3 Å². The zero-order chi connectivity index (χ0) is 41.8. The number of hydrogen-bond donors (Lipinski definition) is 3. The lowest BCUT2D eigenvalue weighted by Crippen LogP contribution is -2.56. The summed E-state index contributed by atoms with van der Waals surface area (Å²) in [5.74, 6) is -0.720. The highest BCUT2D eigenvalue weighted by Crippen LogP contribution is 2.32. The summed E-state index contributed by atoms with van der Waals surface area (Å²) in [6.45, 7) is -1.54. The quantitative estimate of drug-likeness (QED) is 0.103. The second-order valence-electron chi connectivity index (χ2n) is 13.4. The molecule has 3 amide bonds. The minimum Gasteiger partial charge on any atom is -0.452 e. The van der Waals surface area contributed by atoms with Crippen molar-refractivity contribution < 1.29 is 46.2 Å². The lowest BCUT2D eigenvalue weighted by molar-refractivity contribution is -0.124. The van der Waals surface area contributed by atoms with Crippen LogP contribution in [0, 0.1) is 0 Å². The van der Waals surface area contributed by atoms with Gasteiger partial charge < -0.3 is 35.0 Å². The van der Waals surface area contributed by atoms with Gasteiger partial charge in [-0.25, -0.2) is 14.5 Å². The molecule has 18 heteroatoms. The fourth-order valence-corrected chi connectivity index (χ4v) is 7.45. The van der Waals surface area contributed by atoms with Crippen LogP contribution in [-0.4, -0.2) is 96.3 Å². The van der Waals surface area contributed by atoms with Crippen molar-refractivity contribution in [1.29, 1.82) is 0 Å². The van der Waals surface area contributed by atoms with Crippen LogP contribution in [0.4, 0.5) is 28.4 Å². The number of morpholine rings is 1. The first kappa shape index (κ1) is 42.8. The standard InChI is InChI=1S/C41H42F3N7O7S/c1-55-40(54)51(37(52)35(45)34(27-11-4-2-5-12-27)28-13-6-3-7-14-28)32-15-9-8-10-26(32)16-17-30-22-47-31(23-56-38(53)48-25-41(42,43)44)33(57-30)24-59-39-50-49-36(58-39)29-18-20-46-21-19-29/h2-15,18-21,30-31,33-35,47H,16-17,22-25,45H2,1H3,(H,48,53)/t30-,31-,33-,35+/m1/s1. The van der Waals surface area contributed by atoms with E-state index in [1.807, 2.05) is 60.7 Å². The Balaban J connectivity index is 1.17. The van der Waals surface area contributed by atoms with Gasteiger partial charge in [0.1, 0.15) is 13.2 Å². The van der Waals surface area contributed by atoms with Crippen molar-refractivity contribution in [2.75, 3.05) is 37.5 Å². The fourth-order valence-electron chi connectivity index (χ4n) is 6.59. The SMILES string of the molecule is COC(=O)N(C(=O)[C@@H](N)C(c1ccccc1)c1ccccc1)c1ccccc1CC[C@@H]1CN[C@H](COC(=O)NCC(F)(F)F)[C@@H](CSc2nnc(-c3ccncc3)o2)O1. The molecule has 2 aromatic heterocycles. The Bertz CT molecular complexity index is 2090. The molecule has 5 aromatic rings. The summed E-state index contributed by atoms with van der Waals surface area (Å²) in [4.78, 5) is 44.9. The molecule has 1 aliphatic heterocycles. The van der Waals surface area contributed by atoms with Gasteiger partial charge in [-0.05, 0) is 47.7 Å². The topological polar surface area (TPSA) is 184 Å². The van der Waals surface area contributed by atoms with Crippen LogP contribution in [0.3, 0.4) is 0 Å². The highest BCUT2D eigenvalue weighted by molar-refractivity contribution is 7.99. The number of halogens is 3. The summed E-state index contributed by atoms with van der Waals surface area (Å²) in [5.41, 5.74) is 9.99. The van der Waals surface area contributed by atoms with Gasteiger partial charge in [-0.2, -0.15) is 13.2 Å². The molecule has 0 spiro atoms. The Morgan fingerprint density at radius 1 is 0.966 bits per heavy atom. The first-order valence-corrected chi connectivity index (χ1v) is 19.6. The van der Waals surface area contributed by atoms with Crippen molar-refractivity contribution in [2.45, 2.75) is 54.5 Å². The largest absolute Gasteiger partial charge is 0.452 e. The van der Waals surface area contributed by atoms with Gasteiger partial charge >= 0.3 is 18.4 Å². The maximum Gasteiger partial charge on any atom is 0.420 e. The molecule has 6 rings (SSSR count). The van der Waals surface area contributed by atoms with Crippen LogP contribution in [-0.2, 0) is 25.4 Å². The number of para-hydroxylation sites is 1. The Morgan fingerprint density at radius 2 is 1.63 bits per heavy atom. The molecule has 0 saturated carbocycles. The highest BCUT2D eigenvalue weighted by Gasteiger charge is 2.37. The number of amides is 3. The number of anilines is 1. The summed E-state index contributed by atoms with van der Waals surface area (Å²) in [7, 11) is 1.19. The van der Waals surface area contributed by atoms with E-state index in [0.717, 1.165) is 16.0 Å². The number of ether oxygens (including phenoxy) is 3. The predicted octanol–water partition coefficient (Wildman–Crippen LogP) is 6.13. The smallest absolute Gasteiger partial charge is 0.420 e. The summed E-state index contributed by atoms with van der Waals surface area (Å²) in [6.07, 6.45) is -3.86. The summed E-state index contributed by atoms with van der Waals surface area (Å²) >= 11 is 1.19. The normalized spacial score (nSPS) is 17.2. The van der Waals surface area contributed by atoms with E-state index in [1.54, 1.807) is 54.1 Å². The molecule has 4 N–H and O–H groups in total. The van der Waals surface area contributed by atoms with Gasteiger partial charge in [0.05, 0.1) is 37.1 Å². The molecule has 1 fully saturated rings. The molecule has 14 nitrogen and oxygen atoms in total. The van der Waals surface area contributed by atoms with Gasteiger partial charge in [0.25, 0.3) is 11.1 Å². The molecular formula is C41H42F3N7O7S. The number of methoxy groups -OCH3 is 1. The number of nitrogens with one attached hydrogen (secondary N) is 2. The minimum absolute atomic E-state index is 0.239. The first-order chi connectivity index (χ1) is 28.5. The summed E-state index contributed by atoms with van der Waals surface area (Å²) < 4.78 is 60.6. The number of aromatic nitrogens is 3. The highest BCUT2D eigenvalue weighted by atomic mass is 32.2. The van der Waals surface area contributed by atoms with E-state index < -0.39 is 61.0 Å². The van der Waals surface area contributed by atoms with Gasteiger partial charge in [0, 0.05) is 36.2 Å². The van der Waals surface area contributed by atoms with Gasteiger partial charge in [-0.15, -0.1) is 10.2 Å². The Labute approximate surface area is 342 Å². The van der Waals surface area contributed by atoms with E-state index in [1.165, 1.54) is 18.9 Å². The maximum atomic E-state index is 14.4. The number of nitrogens with two attached hydrogens (primary N) is 1. The zero-order valence-electron chi connectivity index (χ0n) is 31.8. The number of hydrogen-bond acceptors (Lipinski definition) is 13. The zero-order valence-corrected chi connectivity index (χ0v) is 32.6. The molecule has 59 heavy (non-hydrogen) atoms. The van der Waals surface area contributed by atoms with E-state index in [2.05, 4.69) is 20.5 Å². The Kier molecular flexibility index (Phi) is 14.7. The molecule has 0 aliphatic carbocycles. The lowest BCUT2D eigenvalue weighted by atomic mass is 9.84. The molecular weight excluding hydrogens is 792 g/mol. The Morgan fingerprint density at radius 3 is 2.29 bits per heavy atom. The number of alkyl halides is 3. The van der Waals surface area contributed by atoms with Crippen molar-refractivity contribution in [3.05, 3.63) is 126 Å². The molecule has 1 aliphatic rings. The average molecular weight is 834 g/mol.